The Hall–Kier alpha value is -1.40. The second kappa shape index (κ2) is 6.38. The van der Waals surface area contributed by atoms with Gasteiger partial charge in [-0.05, 0) is 32.9 Å². The summed E-state index contributed by atoms with van der Waals surface area (Å²) in [6.45, 7) is 4.46. The number of aryl methyl sites for hydroxylation is 1. The summed E-state index contributed by atoms with van der Waals surface area (Å²) in [4.78, 5) is 17.1. The van der Waals surface area contributed by atoms with Gasteiger partial charge in [0.2, 0.25) is 0 Å². The molecule has 22 heavy (non-hydrogen) atoms. The normalized spacial score (nSPS) is 30.0. The average Bonchev–Trinajstić information content (AvgIpc) is 3.07. The van der Waals surface area contributed by atoms with Crippen molar-refractivity contribution in [1.82, 2.24) is 19.6 Å². The highest BCUT2D eigenvalue weighted by Crippen LogP contribution is 2.23. The third kappa shape index (κ3) is 3.17. The number of carbonyl (C=O) groups excluding carboxylic acids is 1. The van der Waals surface area contributed by atoms with E-state index in [2.05, 4.69) is 17.0 Å². The molecule has 1 aromatic rings. The van der Waals surface area contributed by atoms with E-state index in [1.165, 1.54) is 5.69 Å². The van der Waals surface area contributed by atoms with E-state index >= 15 is 0 Å². The fourth-order valence-electron chi connectivity index (χ4n) is 3.67. The maximum Gasteiger partial charge on any atom is 0.253 e. The van der Waals surface area contributed by atoms with Crippen LogP contribution in [0, 0.1) is 0 Å². The first-order valence-electron chi connectivity index (χ1n) is 8.16. The third-order valence-corrected chi connectivity index (χ3v) is 4.75. The smallest absolute Gasteiger partial charge is 0.253 e. The van der Waals surface area contributed by atoms with Gasteiger partial charge in [-0.3, -0.25) is 9.48 Å². The van der Waals surface area contributed by atoms with E-state index in [-0.39, 0.29) is 24.2 Å². The largest absolute Gasteiger partial charge is 0.363 e. The van der Waals surface area contributed by atoms with Gasteiger partial charge in [-0.15, -0.1) is 0 Å². The van der Waals surface area contributed by atoms with Crippen LogP contribution in [0.25, 0.3) is 0 Å². The van der Waals surface area contributed by atoms with Crippen molar-refractivity contribution in [2.24, 2.45) is 7.05 Å². The molecule has 2 fully saturated rings. The fraction of sp³-hybridized carbons (Fsp3) is 0.750. The zero-order valence-corrected chi connectivity index (χ0v) is 13.7. The molecular weight excluding hydrogens is 280 g/mol. The molecule has 1 aromatic heterocycles. The SMILES string of the molecule is C[C@@H]1CN(C)C[C@H](C(=O)N2CCC[C@H]2Cc2ccnn2C)O1. The van der Waals surface area contributed by atoms with Crippen molar-refractivity contribution in [3.8, 4) is 0 Å². The number of ether oxygens (including phenoxy) is 1. The third-order valence-electron chi connectivity index (χ3n) is 4.75. The van der Waals surface area contributed by atoms with Crippen molar-refractivity contribution in [2.45, 2.75) is 44.4 Å². The molecule has 0 unspecified atom stereocenters. The van der Waals surface area contributed by atoms with Gasteiger partial charge in [-0.2, -0.15) is 5.10 Å². The average molecular weight is 306 g/mol. The van der Waals surface area contributed by atoms with E-state index < -0.39 is 0 Å². The Morgan fingerprint density at radius 3 is 2.91 bits per heavy atom. The monoisotopic (exact) mass is 306 g/mol. The summed E-state index contributed by atoms with van der Waals surface area (Å²) < 4.78 is 7.78. The van der Waals surface area contributed by atoms with Crippen LogP contribution < -0.4 is 0 Å². The summed E-state index contributed by atoms with van der Waals surface area (Å²) >= 11 is 0. The molecule has 0 bridgehead atoms. The quantitative estimate of drug-likeness (QED) is 0.824. The number of likely N-dealkylation sites (N-methyl/N-ethyl adjacent to an activating group) is 1. The highest BCUT2D eigenvalue weighted by atomic mass is 16.5. The van der Waals surface area contributed by atoms with Crippen molar-refractivity contribution >= 4 is 5.91 Å². The van der Waals surface area contributed by atoms with Crippen molar-refractivity contribution in [3.63, 3.8) is 0 Å². The van der Waals surface area contributed by atoms with Crippen LogP contribution in [0.3, 0.4) is 0 Å². The van der Waals surface area contributed by atoms with Gasteiger partial charge in [0.15, 0.2) is 0 Å². The van der Waals surface area contributed by atoms with Gasteiger partial charge in [0.1, 0.15) is 6.10 Å². The second-order valence-corrected chi connectivity index (χ2v) is 6.63. The van der Waals surface area contributed by atoms with Crippen molar-refractivity contribution in [1.29, 1.82) is 0 Å². The van der Waals surface area contributed by atoms with Crippen LogP contribution in [-0.4, -0.2) is 70.4 Å². The van der Waals surface area contributed by atoms with Gasteiger partial charge < -0.3 is 14.5 Å². The first kappa shape index (κ1) is 15.5. The zero-order chi connectivity index (χ0) is 15.7. The standard InChI is InChI=1S/C16H26N4O2/c1-12-10-18(2)11-15(22-12)16(21)20-8-4-5-14(20)9-13-6-7-17-19(13)3/h6-7,12,14-15H,4-5,8-11H2,1-3H3/t12-,14+,15-/m1/s1. The number of morpholine rings is 1. The van der Waals surface area contributed by atoms with E-state index in [0.717, 1.165) is 32.4 Å². The molecule has 2 aliphatic heterocycles. The number of hydrogen-bond acceptors (Lipinski definition) is 4. The molecule has 3 heterocycles. The number of aromatic nitrogens is 2. The predicted octanol–water partition coefficient (Wildman–Crippen LogP) is 0.673. The van der Waals surface area contributed by atoms with Crippen LogP contribution in [0.5, 0.6) is 0 Å². The van der Waals surface area contributed by atoms with Gasteiger partial charge in [-0.25, -0.2) is 0 Å². The van der Waals surface area contributed by atoms with Crippen molar-refractivity contribution < 1.29 is 9.53 Å². The molecule has 122 valence electrons. The minimum Gasteiger partial charge on any atom is -0.363 e. The Balaban J connectivity index is 1.67. The van der Waals surface area contributed by atoms with E-state index in [9.17, 15) is 4.79 Å². The molecular formula is C16H26N4O2. The number of carbonyl (C=O) groups is 1. The van der Waals surface area contributed by atoms with Crippen LogP contribution in [0.4, 0.5) is 0 Å². The summed E-state index contributed by atoms with van der Waals surface area (Å²) in [7, 11) is 4.01. The molecule has 6 heteroatoms. The van der Waals surface area contributed by atoms with Crippen LogP contribution in [0.2, 0.25) is 0 Å². The van der Waals surface area contributed by atoms with Crippen LogP contribution in [-0.2, 0) is 23.0 Å². The summed E-state index contributed by atoms with van der Waals surface area (Å²) in [5, 5.41) is 4.22. The van der Waals surface area contributed by atoms with E-state index in [0.29, 0.717) is 6.54 Å². The molecule has 0 N–H and O–H groups in total. The Morgan fingerprint density at radius 1 is 1.41 bits per heavy atom. The van der Waals surface area contributed by atoms with Crippen LogP contribution in [0.1, 0.15) is 25.5 Å². The van der Waals surface area contributed by atoms with E-state index in [1.807, 2.05) is 35.8 Å². The molecule has 3 rings (SSSR count). The summed E-state index contributed by atoms with van der Waals surface area (Å²) in [5.74, 6) is 0.156. The summed E-state index contributed by atoms with van der Waals surface area (Å²) in [5.41, 5.74) is 1.18. The van der Waals surface area contributed by atoms with Gasteiger partial charge in [-0.1, -0.05) is 0 Å². The highest BCUT2D eigenvalue weighted by molar-refractivity contribution is 5.82. The molecule has 0 aliphatic carbocycles. The minimum absolute atomic E-state index is 0.117. The van der Waals surface area contributed by atoms with Crippen LogP contribution in [0.15, 0.2) is 12.3 Å². The van der Waals surface area contributed by atoms with Crippen molar-refractivity contribution in [3.05, 3.63) is 18.0 Å². The highest BCUT2D eigenvalue weighted by Gasteiger charge is 2.37. The molecule has 2 aliphatic rings. The predicted molar refractivity (Wildman–Crippen MR) is 83.5 cm³/mol. The lowest BCUT2D eigenvalue weighted by molar-refractivity contribution is -0.156. The van der Waals surface area contributed by atoms with E-state index in [1.54, 1.807) is 0 Å². The second-order valence-electron chi connectivity index (χ2n) is 6.63. The summed E-state index contributed by atoms with van der Waals surface area (Å²) in [6, 6.07) is 2.31. The summed E-state index contributed by atoms with van der Waals surface area (Å²) in [6.07, 6.45) is 4.63. The number of rotatable bonds is 3. The molecule has 0 saturated carbocycles. The van der Waals surface area contributed by atoms with Gasteiger partial charge in [0.05, 0.1) is 6.10 Å². The Morgan fingerprint density at radius 2 is 2.23 bits per heavy atom. The lowest BCUT2D eigenvalue weighted by atomic mass is 10.1. The van der Waals surface area contributed by atoms with Gasteiger partial charge in [0, 0.05) is 51.0 Å². The fourth-order valence-corrected chi connectivity index (χ4v) is 3.67. The Kier molecular flexibility index (Phi) is 4.49. The van der Waals surface area contributed by atoms with Gasteiger partial charge in [0.25, 0.3) is 5.91 Å². The number of nitrogens with zero attached hydrogens (tertiary/aromatic N) is 4. The molecule has 0 aromatic carbocycles. The van der Waals surface area contributed by atoms with E-state index in [4.69, 9.17) is 4.74 Å². The number of hydrogen-bond donors (Lipinski definition) is 0. The number of amides is 1. The number of likely N-dealkylation sites (tertiary alicyclic amines) is 1. The molecule has 2 saturated heterocycles. The minimum atomic E-state index is -0.319. The molecule has 0 radical (unpaired) electrons. The Bertz CT molecular complexity index is 520. The molecule has 0 spiro atoms. The lowest BCUT2D eigenvalue weighted by Crippen LogP contribution is -2.53. The maximum atomic E-state index is 12.9. The van der Waals surface area contributed by atoms with Crippen molar-refractivity contribution in [2.75, 3.05) is 26.7 Å². The molecule has 3 atom stereocenters. The van der Waals surface area contributed by atoms with Crippen LogP contribution >= 0.6 is 0 Å². The Labute approximate surface area is 132 Å². The van der Waals surface area contributed by atoms with Gasteiger partial charge >= 0.3 is 0 Å². The maximum absolute atomic E-state index is 12.9. The lowest BCUT2D eigenvalue weighted by Gasteiger charge is -2.36. The first-order valence-corrected chi connectivity index (χ1v) is 8.16. The zero-order valence-electron chi connectivity index (χ0n) is 13.7. The molecule has 1 amide bonds. The topological polar surface area (TPSA) is 50.6 Å². The molecule has 6 nitrogen and oxygen atoms in total. The first-order chi connectivity index (χ1) is 10.5.